The Morgan fingerprint density at radius 3 is 1.48 bits per heavy atom. The van der Waals surface area contributed by atoms with Crippen molar-refractivity contribution in [3.05, 3.63) is 0 Å². The SMILES string of the molecule is CC(C)C1CCCC(C2CC(C(C)C)CC(C(C)C)C2)C1. The quantitative estimate of drug-likeness (QED) is 0.535. The molecule has 21 heavy (non-hydrogen) atoms. The van der Waals surface area contributed by atoms with Crippen molar-refractivity contribution in [2.24, 2.45) is 47.3 Å². The second-order valence-corrected chi connectivity index (χ2v) is 9.41. The summed E-state index contributed by atoms with van der Waals surface area (Å²) in [5.41, 5.74) is 0. The Morgan fingerprint density at radius 1 is 0.524 bits per heavy atom. The molecule has 0 heteroatoms. The summed E-state index contributed by atoms with van der Waals surface area (Å²) >= 11 is 0. The highest BCUT2D eigenvalue weighted by Gasteiger charge is 2.37. The first-order chi connectivity index (χ1) is 9.88. The van der Waals surface area contributed by atoms with E-state index in [-0.39, 0.29) is 0 Å². The Bertz CT molecular complexity index is 285. The molecule has 0 spiro atoms. The normalized spacial score (nSPS) is 38.4. The molecule has 4 unspecified atom stereocenters. The summed E-state index contributed by atoms with van der Waals surface area (Å²) in [6, 6.07) is 0. The van der Waals surface area contributed by atoms with Crippen LogP contribution in [0.5, 0.6) is 0 Å². The molecule has 4 atom stereocenters. The third kappa shape index (κ3) is 4.49. The Morgan fingerprint density at radius 2 is 1.00 bits per heavy atom. The standard InChI is InChI=1S/C21H40/c1-14(2)17-8-7-9-18(10-17)21-12-19(15(3)4)11-20(13-21)16(5)6/h14-21H,7-13H2,1-6H3. The summed E-state index contributed by atoms with van der Waals surface area (Å²) in [7, 11) is 0. The number of hydrogen-bond acceptors (Lipinski definition) is 0. The molecule has 0 aromatic carbocycles. The Kier molecular flexibility index (Phi) is 6.21. The summed E-state index contributed by atoms with van der Waals surface area (Å²) in [5.74, 6) is 7.77. The van der Waals surface area contributed by atoms with Crippen LogP contribution in [0.2, 0.25) is 0 Å². The van der Waals surface area contributed by atoms with E-state index in [1.807, 2.05) is 0 Å². The molecule has 0 radical (unpaired) electrons. The summed E-state index contributed by atoms with van der Waals surface area (Å²) in [5, 5.41) is 0. The van der Waals surface area contributed by atoms with Crippen LogP contribution in [0, 0.1) is 47.3 Å². The lowest BCUT2D eigenvalue weighted by atomic mass is 9.61. The van der Waals surface area contributed by atoms with Crippen molar-refractivity contribution in [3.63, 3.8) is 0 Å². The van der Waals surface area contributed by atoms with Crippen LogP contribution in [0.3, 0.4) is 0 Å². The maximum Gasteiger partial charge on any atom is -0.0380 e. The molecule has 124 valence electrons. The van der Waals surface area contributed by atoms with Crippen molar-refractivity contribution >= 4 is 0 Å². The zero-order chi connectivity index (χ0) is 15.6. The highest BCUT2D eigenvalue weighted by atomic mass is 14.4. The Hall–Kier alpha value is 0. The molecule has 0 saturated heterocycles. The van der Waals surface area contributed by atoms with E-state index in [4.69, 9.17) is 0 Å². The van der Waals surface area contributed by atoms with Crippen LogP contribution in [0.15, 0.2) is 0 Å². The lowest BCUT2D eigenvalue weighted by Crippen LogP contribution is -2.34. The van der Waals surface area contributed by atoms with Gasteiger partial charge in [0.15, 0.2) is 0 Å². The highest BCUT2D eigenvalue weighted by molar-refractivity contribution is 4.88. The lowest BCUT2D eigenvalue weighted by molar-refractivity contribution is 0.0611. The highest BCUT2D eigenvalue weighted by Crippen LogP contribution is 2.47. The fourth-order valence-electron chi connectivity index (χ4n) is 5.23. The van der Waals surface area contributed by atoms with Gasteiger partial charge in [-0.05, 0) is 73.0 Å². The zero-order valence-electron chi connectivity index (χ0n) is 15.6. The molecule has 2 aliphatic rings. The third-order valence-electron chi connectivity index (χ3n) is 7.07. The van der Waals surface area contributed by atoms with E-state index in [1.54, 1.807) is 0 Å². The predicted octanol–water partition coefficient (Wildman–Crippen LogP) is 6.79. The summed E-state index contributed by atoms with van der Waals surface area (Å²) in [6.45, 7) is 14.7. The van der Waals surface area contributed by atoms with Crippen molar-refractivity contribution < 1.29 is 0 Å². The molecule has 0 N–H and O–H groups in total. The van der Waals surface area contributed by atoms with Gasteiger partial charge in [-0.15, -0.1) is 0 Å². The Labute approximate surface area is 134 Å². The predicted molar refractivity (Wildman–Crippen MR) is 94.3 cm³/mol. The van der Waals surface area contributed by atoms with Gasteiger partial charge in [0.2, 0.25) is 0 Å². The average Bonchev–Trinajstić information content (AvgIpc) is 2.46. The molecule has 0 aliphatic heterocycles. The van der Waals surface area contributed by atoms with Gasteiger partial charge in [-0.25, -0.2) is 0 Å². The first kappa shape index (κ1) is 17.4. The van der Waals surface area contributed by atoms with Gasteiger partial charge in [-0.1, -0.05) is 60.8 Å². The van der Waals surface area contributed by atoms with Gasteiger partial charge in [0.25, 0.3) is 0 Å². The van der Waals surface area contributed by atoms with Crippen molar-refractivity contribution in [1.82, 2.24) is 0 Å². The van der Waals surface area contributed by atoms with Gasteiger partial charge in [0.1, 0.15) is 0 Å². The minimum absolute atomic E-state index is 0.888. The van der Waals surface area contributed by atoms with Crippen LogP contribution in [0.4, 0.5) is 0 Å². The van der Waals surface area contributed by atoms with Crippen LogP contribution < -0.4 is 0 Å². The van der Waals surface area contributed by atoms with E-state index in [2.05, 4.69) is 41.5 Å². The maximum atomic E-state index is 2.46. The fraction of sp³-hybridized carbons (Fsp3) is 1.00. The van der Waals surface area contributed by atoms with Gasteiger partial charge in [0, 0.05) is 0 Å². The maximum absolute atomic E-state index is 2.46. The molecule has 2 fully saturated rings. The first-order valence-electron chi connectivity index (χ1n) is 9.88. The van der Waals surface area contributed by atoms with Crippen LogP contribution >= 0.6 is 0 Å². The third-order valence-corrected chi connectivity index (χ3v) is 7.07. The fourth-order valence-corrected chi connectivity index (χ4v) is 5.23. The first-order valence-corrected chi connectivity index (χ1v) is 9.88. The van der Waals surface area contributed by atoms with E-state index in [9.17, 15) is 0 Å². The molecular formula is C21H40. The lowest BCUT2D eigenvalue weighted by Gasteiger charge is -2.44. The minimum Gasteiger partial charge on any atom is -0.0625 e. The summed E-state index contributed by atoms with van der Waals surface area (Å²) < 4.78 is 0. The summed E-state index contributed by atoms with van der Waals surface area (Å²) in [6.07, 6.45) is 10.7. The van der Waals surface area contributed by atoms with E-state index < -0.39 is 0 Å². The van der Waals surface area contributed by atoms with Gasteiger partial charge in [-0.2, -0.15) is 0 Å². The van der Waals surface area contributed by atoms with E-state index in [0.29, 0.717) is 0 Å². The number of hydrogen-bond donors (Lipinski definition) is 0. The summed E-state index contributed by atoms with van der Waals surface area (Å²) in [4.78, 5) is 0. The molecule has 2 rings (SSSR count). The van der Waals surface area contributed by atoms with Gasteiger partial charge in [0.05, 0.1) is 0 Å². The van der Waals surface area contributed by atoms with Crippen LogP contribution in [-0.2, 0) is 0 Å². The molecule has 0 amide bonds. The van der Waals surface area contributed by atoms with E-state index in [1.165, 1.54) is 44.9 Å². The van der Waals surface area contributed by atoms with Crippen LogP contribution in [-0.4, -0.2) is 0 Å². The van der Waals surface area contributed by atoms with Crippen LogP contribution in [0.25, 0.3) is 0 Å². The second kappa shape index (κ2) is 7.51. The van der Waals surface area contributed by atoms with E-state index >= 15 is 0 Å². The molecule has 0 heterocycles. The second-order valence-electron chi connectivity index (χ2n) is 9.41. The topological polar surface area (TPSA) is 0 Å². The molecule has 0 aromatic rings. The van der Waals surface area contributed by atoms with Gasteiger partial charge >= 0.3 is 0 Å². The molecule has 2 saturated carbocycles. The largest absolute Gasteiger partial charge is 0.0625 e. The monoisotopic (exact) mass is 292 g/mol. The van der Waals surface area contributed by atoms with Crippen molar-refractivity contribution in [2.75, 3.05) is 0 Å². The molecular weight excluding hydrogens is 252 g/mol. The molecule has 0 nitrogen and oxygen atoms in total. The zero-order valence-corrected chi connectivity index (χ0v) is 15.6. The smallest absolute Gasteiger partial charge is 0.0380 e. The van der Waals surface area contributed by atoms with Crippen molar-refractivity contribution in [2.45, 2.75) is 86.5 Å². The van der Waals surface area contributed by atoms with Gasteiger partial charge in [-0.3, -0.25) is 0 Å². The molecule has 2 aliphatic carbocycles. The number of rotatable bonds is 4. The average molecular weight is 293 g/mol. The molecule has 0 aromatic heterocycles. The van der Waals surface area contributed by atoms with Crippen LogP contribution in [0.1, 0.15) is 86.5 Å². The van der Waals surface area contributed by atoms with Gasteiger partial charge < -0.3 is 0 Å². The Balaban J connectivity index is 2.02. The minimum atomic E-state index is 0.888. The van der Waals surface area contributed by atoms with E-state index in [0.717, 1.165) is 47.3 Å². The van der Waals surface area contributed by atoms with Crippen molar-refractivity contribution in [3.8, 4) is 0 Å². The van der Waals surface area contributed by atoms with Crippen molar-refractivity contribution in [1.29, 1.82) is 0 Å². The molecule has 0 bridgehead atoms.